The molecule has 0 bridgehead atoms. The van der Waals surface area contributed by atoms with Gasteiger partial charge in [0.15, 0.2) is 0 Å². The topological polar surface area (TPSA) is 32.3 Å². The molecule has 0 aliphatic rings. The smallest absolute Gasteiger partial charge is 0.134 e. The molecule has 0 rings (SSSR count). The van der Waals surface area contributed by atoms with Gasteiger partial charge in [-0.2, -0.15) is 0 Å². The van der Waals surface area contributed by atoms with Crippen LogP contribution in [0.3, 0.4) is 0 Å². The van der Waals surface area contributed by atoms with Gasteiger partial charge >= 0.3 is 0 Å². The molecular formula is C22H37NO. The minimum Gasteiger partial charge on any atom is -0.377 e. The van der Waals surface area contributed by atoms with Crippen molar-refractivity contribution < 1.29 is 5.11 Å². The zero-order chi connectivity index (χ0) is 17.9. The fourth-order valence-corrected chi connectivity index (χ4v) is 2.45. The fraction of sp³-hybridized carbons (Fsp3) is 0.727. The molecule has 2 atom stereocenters. The van der Waals surface area contributed by atoms with Gasteiger partial charge in [0.1, 0.15) is 6.10 Å². The van der Waals surface area contributed by atoms with Crippen molar-refractivity contribution in [1.29, 1.82) is 0 Å². The summed E-state index contributed by atoms with van der Waals surface area (Å²) in [4.78, 5) is 0. The molecule has 0 saturated carbocycles. The standard InChI is InChI=1S/C22H37NO/c1-4-7-9-10-11-12-13-17-21(23-20-8-5-2)18-14-15-19-22(24)16-6-3/h6,16,21-24H,4-5,7-13,17,20H2,1-3H3/t21-,22+/m1/s1. The number of allylic oxidation sites excluding steroid dienone is 1. The van der Waals surface area contributed by atoms with Crippen LogP contribution < -0.4 is 5.32 Å². The van der Waals surface area contributed by atoms with Crippen LogP contribution in [0.15, 0.2) is 12.2 Å². The Hall–Kier alpha value is -1.22. The van der Waals surface area contributed by atoms with Crippen molar-refractivity contribution in [2.24, 2.45) is 0 Å². The number of hydrogen-bond donors (Lipinski definition) is 2. The van der Waals surface area contributed by atoms with Crippen LogP contribution in [-0.4, -0.2) is 23.8 Å². The quantitative estimate of drug-likeness (QED) is 0.288. The highest BCUT2D eigenvalue weighted by atomic mass is 16.3. The van der Waals surface area contributed by atoms with Gasteiger partial charge < -0.3 is 10.4 Å². The van der Waals surface area contributed by atoms with Crippen molar-refractivity contribution in [2.75, 3.05) is 6.54 Å². The average molecular weight is 332 g/mol. The fourth-order valence-electron chi connectivity index (χ4n) is 2.45. The van der Waals surface area contributed by atoms with Crippen molar-refractivity contribution >= 4 is 0 Å². The summed E-state index contributed by atoms with van der Waals surface area (Å²) >= 11 is 0. The van der Waals surface area contributed by atoms with E-state index in [4.69, 9.17) is 0 Å². The molecule has 0 aliphatic heterocycles. The van der Waals surface area contributed by atoms with Crippen molar-refractivity contribution in [2.45, 2.75) is 97.1 Å². The second kappa shape index (κ2) is 18.1. The van der Waals surface area contributed by atoms with Gasteiger partial charge in [-0.3, -0.25) is 0 Å². The molecule has 0 aromatic carbocycles. The van der Waals surface area contributed by atoms with E-state index < -0.39 is 6.10 Å². The summed E-state index contributed by atoms with van der Waals surface area (Å²) in [6.45, 7) is 7.34. The zero-order valence-corrected chi connectivity index (χ0v) is 16.0. The number of nitrogens with one attached hydrogen (secondary N) is 1. The average Bonchev–Trinajstić information content (AvgIpc) is 2.57. The Balaban J connectivity index is 4.18. The van der Waals surface area contributed by atoms with Crippen LogP contribution in [0.2, 0.25) is 0 Å². The minimum atomic E-state index is -0.709. The first-order valence-electron chi connectivity index (χ1n) is 9.79. The van der Waals surface area contributed by atoms with Gasteiger partial charge in [-0.25, -0.2) is 0 Å². The van der Waals surface area contributed by atoms with Gasteiger partial charge in [-0.15, -0.1) is 0 Å². The normalized spacial score (nSPS) is 13.0. The maximum Gasteiger partial charge on any atom is 0.134 e. The Kier molecular flexibility index (Phi) is 17.2. The molecule has 2 heteroatoms. The number of aliphatic hydroxyl groups is 1. The van der Waals surface area contributed by atoms with E-state index in [-0.39, 0.29) is 6.04 Å². The van der Waals surface area contributed by atoms with Crippen LogP contribution in [0, 0.1) is 23.7 Å². The SMILES string of the molecule is CC=C[C@H](O)C#CC#C[C@@H](CCCCCCCCC)NCCCC. The molecule has 2 N–H and O–H groups in total. The van der Waals surface area contributed by atoms with Gasteiger partial charge in [0.25, 0.3) is 0 Å². The Morgan fingerprint density at radius 1 is 0.875 bits per heavy atom. The maximum absolute atomic E-state index is 9.51. The highest BCUT2D eigenvalue weighted by Gasteiger charge is 2.03. The van der Waals surface area contributed by atoms with Crippen LogP contribution in [0.25, 0.3) is 0 Å². The Morgan fingerprint density at radius 2 is 1.50 bits per heavy atom. The second-order valence-electron chi connectivity index (χ2n) is 6.28. The van der Waals surface area contributed by atoms with Gasteiger partial charge in [0.05, 0.1) is 6.04 Å². The first kappa shape index (κ1) is 22.8. The van der Waals surface area contributed by atoms with Gasteiger partial charge in [-0.1, -0.05) is 83.1 Å². The summed E-state index contributed by atoms with van der Waals surface area (Å²) in [5.41, 5.74) is 0. The Morgan fingerprint density at radius 3 is 2.17 bits per heavy atom. The number of aliphatic hydroxyl groups excluding tert-OH is 1. The molecule has 136 valence electrons. The van der Waals surface area contributed by atoms with E-state index in [9.17, 15) is 5.11 Å². The van der Waals surface area contributed by atoms with Crippen molar-refractivity contribution in [3.63, 3.8) is 0 Å². The highest BCUT2D eigenvalue weighted by Crippen LogP contribution is 2.09. The van der Waals surface area contributed by atoms with Crippen LogP contribution in [0.5, 0.6) is 0 Å². The van der Waals surface area contributed by atoms with Crippen LogP contribution >= 0.6 is 0 Å². The lowest BCUT2D eigenvalue weighted by atomic mass is 10.0. The molecular weight excluding hydrogens is 294 g/mol. The van der Waals surface area contributed by atoms with Crippen LogP contribution in [0.4, 0.5) is 0 Å². The van der Waals surface area contributed by atoms with Crippen LogP contribution in [-0.2, 0) is 0 Å². The third-order valence-corrected chi connectivity index (χ3v) is 3.92. The van der Waals surface area contributed by atoms with E-state index in [1.807, 2.05) is 6.92 Å². The number of hydrogen-bond acceptors (Lipinski definition) is 2. The van der Waals surface area contributed by atoms with E-state index in [1.165, 1.54) is 57.8 Å². The van der Waals surface area contributed by atoms with Crippen molar-refractivity contribution in [3.05, 3.63) is 12.2 Å². The van der Waals surface area contributed by atoms with Crippen molar-refractivity contribution in [1.82, 2.24) is 5.32 Å². The number of unbranched alkanes of at least 4 members (excludes halogenated alkanes) is 7. The first-order chi connectivity index (χ1) is 11.7. The molecule has 0 heterocycles. The maximum atomic E-state index is 9.51. The molecule has 0 fully saturated rings. The molecule has 0 aromatic heterocycles. The Labute approximate surface area is 150 Å². The largest absolute Gasteiger partial charge is 0.377 e. The predicted octanol–water partition coefficient (Wildman–Crippen LogP) is 4.83. The molecule has 2 nitrogen and oxygen atoms in total. The highest BCUT2D eigenvalue weighted by molar-refractivity contribution is 5.30. The lowest BCUT2D eigenvalue weighted by Crippen LogP contribution is -2.28. The molecule has 0 amide bonds. The molecule has 0 aliphatic carbocycles. The molecule has 0 aromatic rings. The third kappa shape index (κ3) is 15.7. The predicted molar refractivity (Wildman–Crippen MR) is 106 cm³/mol. The lowest BCUT2D eigenvalue weighted by molar-refractivity contribution is 0.280. The van der Waals surface area contributed by atoms with Gasteiger partial charge in [-0.05, 0) is 44.2 Å². The summed E-state index contributed by atoms with van der Waals surface area (Å²) in [6.07, 6.45) is 15.5. The molecule has 24 heavy (non-hydrogen) atoms. The van der Waals surface area contributed by atoms with Gasteiger partial charge in [0.2, 0.25) is 0 Å². The van der Waals surface area contributed by atoms with E-state index in [0.29, 0.717) is 0 Å². The van der Waals surface area contributed by atoms with E-state index in [2.05, 4.69) is 42.8 Å². The van der Waals surface area contributed by atoms with Gasteiger partial charge in [0, 0.05) is 0 Å². The lowest BCUT2D eigenvalue weighted by Gasteiger charge is -2.12. The zero-order valence-electron chi connectivity index (χ0n) is 16.0. The molecule has 0 unspecified atom stereocenters. The summed E-state index contributed by atoms with van der Waals surface area (Å²) in [5.74, 6) is 11.6. The molecule has 0 saturated heterocycles. The molecule has 0 spiro atoms. The van der Waals surface area contributed by atoms with Crippen molar-refractivity contribution in [3.8, 4) is 23.7 Å². The minimum absolute atomic E-state index is 0.223. The molecule has 0 radical (unpaired) electrons. The number of rotatable bonds is 13. The summed E-state index contributed by atoms with van der Waals surface area (Å²) in [7, 11) is 0. The summed E-state index contributed by atoms with van der Waals surface area (Å²) in [6, 6.07) is 0.223. The Bertz CT molecular complexity index is 419. The van der Waals surface area contributed by atoms with E-state index in [1.54, 1.807) is 12.2 Å². The monoisotopic (exact) mass is 331 g/mol. The van der Waals surface area contributed by atoms with Crippen LogP contribution in [0.1, 0.15) is 85.0 Å². The van der Waals surface area contributed by atoms with E-state index >= 15 is 0 Å². The summed E-state index contributed by atoms with van der Waals surface area (Å²) < 4.78 is 0. The van der Waals surface area contributed by atoms with E-state index in [0.717, 1.165) is 13.0 Å². The second-order valence-corrected chi connectivity index (χ2v) is 6.28. The first-order valence-corrected chi connectivity index (χ1v) is 9.79. The third-order valence-electron chi connectivity index (χ3n) is 3.92. The summed E-state index contributed by atoms with van der Waals surface area (Å²) in [5, 5.41) is 13.0.